The molecule has 3 N–H and O–H groups in total. The van der Waals surface area contributed by atoms with Crippen LogP contribution in [0.5, 0.6) is 5.75 Å². The summed E-state index contributed by atoms with van der Waals surface area (Å²) in [6.45, 7) is 6.89. The summed E-state index contributed by atoms with van der Waals surface area (Å²) in [4.78, 5) is 4.76. The number of benzene rings is 2. The van der Waals surface area contributed by atoms with Gasteiger partial charge in [-0.3, -0.25) is 0 Å². The zero-order valence-corrected chi connectivity index (χ0v) is 20.1. The van der Waals surface area contributed by atoms with Crippen LogP contribution in [0.3, 0.4) is 0 Å². The minimum atomic E-state index is -4.82. The first-order valence-corrected chi connectivity index (χ1v) is 12.2. The van der Waals surface area contributed by atoms with Crippen LogP contribution in [0, 0.1) is 5.82 Å². The van der Waals surface area contributed by atoms with Crippen LogP contribution >= 0.6 is 0 Å². The van der Waals surface area contributed by atoms with E-state index >= 15 is 0 Å². The largest absolute Gasteiger partial charge is 0.573 e. The van der Waals surface area contributed by atoms with E-state index in [0.29, 0.717) is 23.6 Å². The van der Waals surface area contributed by atoms with Gasteiger partial charge in [-0.1, -0.05) is 38.1 Å². The molecule has 1 aliphatic heterocycles. The molecule has 0 saturated heterocycles. The van der Waals surface area contributed by atoms with E-state index in [1.54, 1.807) is 18.2 Å². The number of rotatable bonds is 7. The summed E-state index contributed by atoms with van der Waals surface area (Å²) < 4.78 is 57.6. The molecule has 5 nitrogen and oxygen atoms in total. The Hall–Kier alpha value is -3.49. The quantitative estimate of drug-likeness (QED) is 0.356. The Morgan fingerprint density at radius 2 is 1.92 bits per heavy atom. The van der Waals surface area contributed by atoms with E-state index in [4.69, 9.17) is 4.99 Å². The Labute approximate surface area is 208 Å². The van der Waals surface area contributed by atoms with Crippen LogP contribution in [0.25, 0.3) is 5.70 Å². The summed E-state index contributed by atoms with van der Waals surface area (Å²) in [6.07, 6.45) is -0.235. The number of anilines is 1. The maximum absolute atomic E-state index is 14.1. The minimum Gasteiger partial charge on any atom is -0.405 e. The molecule has 1 unspecified atom stereocenters. The molecule has 4 rings (SSSR count). The molecule has 1 heterocycles. The third-order valence-corrected chi connectivity index (χ3v) is 6.15. The highest BCUT2D eigenvalue weighted by atomic mass is 19.4. The van der Waals surface area contributed by atoms with Gasteiger partial charge in [-0.25, -0.2) is 9.38 Å². The average molecular weight is 503 g/mol. The molecule has 0 saturated carbocycles. The van der Waals surface area contributed by atoms with Crippen molar-refractivity contribution in [2.24, 2.45) is 4.99 Å². The van der Waals surface area contributed by atoms with E-state index in [9.17, 15) is 17.6 Å². The average Bonchev–Trinajstić information content (AvgIpc) is 3.08. The van der Waals surface area contributed by atoms with Gasteiger partial charge in [0.2, 0.25) is 0 Å². The number of hydrogen-bond acceptors (Lipinski definition) is 5. The number of para-hydroxylation sites is 1. The van der Waals surface area contributed by atoms with Gasteiger partial charge in [0.1, 0.15) is 23.6 Å². The predicted molar refractivity (Wildman–Crippen MR) is 134 cm³/mol. The van der Waals surface area contributed by atoms with E-state index in [1.807, 2.05) is 6.92 Å². The molecule has 0 fully saturated rings. The number of ether oxygens (including phenoxy) is 1. The number of nitrogens with one attached hydrogen (secondary N) is 3. The maximum Gasteiger partial charge on any atom is 0.573 e. The Bertz CT molecular complexity index is 1170. The van der Waals surface area contributed by atoms with E-state index in [2.05, 4.69) is 27.3 Å². The standard InChI is InChI=1S/C27H30F4N4O/c1-3-15-32-22-14-13-18(28)16-21(22)17(2)33-25-19-9-5-4-6-11-23(19)34-26(35-25)20-10-7-8-12-24(20)36-27(29,30)31/h7-8,10,12-14,16,26,32,34H,2-6,9,11,15H2,1H3,(H,33,35). The molecule has 36 heavy (non-hydrogen) atoms. The highest BCUT2D eigenvalue weighted by molar-refractivity contribution is 6.04. The van der Waals surface area contributed by atoms with Gasteiger partial charge in [0.05, 0.1) is 0 Å². The molecule has 2 aromatic carbocycles. The fourth-order valence-corrected chi connectivity index (χ4v) is 4.48. The van der Waals surface area contributed by atoms with Crippen molar-refractivity contribution in [1.82, 2.24) is 10.6 Å². The van der Waals surface area contributed by atoms with Crippen LogP contribution in [-0.4, -0.2) is 18.7 Å². The zero-order valence-electron chi connectivity index (χ0n) is 20.1. The van der Waals surface area contributed by atoms with Gasteiger partial charge in [-0.05, 0) is 56.4 Å². The van der Waals surface area contributed by atoms with Crippen LogP contribution < -0.4 is 20.7 Å². The highest BCUT2D eigenvalue weighted by Crippen LogP contribution is 2.36. The molecular weight excluding hydrogens is 472 g/mol. The van der Waals surface area contributed by atoms with Gasteiger partial charge in [0.25, 0.3) is 0 Å². The van der Waals surface area contributed by atoms with E-state index in [1.165, 1.54) is 24.3 Å². The number of alkyl halides is 3. The van der Waals surface area contributed by atoms with Crippen molar-refractivity contribution >= 4 is 17.2 Å². The zero-order chi connectivity index (χ0) is 25.7. The molecule has 1 atom stereocenters. The van der Waals surface area contributed by atoms with E-state index in [-0.39, 0.29) is 11.3 Å². The lowest BCUT2D eigenvalue weighted by Gasteiger charge is -2.30. The summed E-state index contributed by atoms with van der Waals surface area (Å²) in [5.74, 6) is -0.181. The normalized spacial score (nSPS) is 17.9. The van der Waals surface area contributed by atoms with Crippen molar-refractivity contribution in [3.8, 4) is 5.75 Å². The summed E-state index contributed by atoms with van der Waals surface area (Å²) in [6, 6.07) is 10.4. The van der Waals surface area contributed by atoms with Crippen molar-refractivity contribution in [3.63, 3.8) is 0 Å². The smallest absolute Gasteiger partial charge is 0.405 e. The highest BCUT2D eigenvalue weighted by Gasteiger charge is 2.34. The molecule has 0 amide bonds. The lowest BCUT2D eigenvalue weighted by atomic mass is 10.0. The Balaban J connectivity index is 1.70. The number of halogens is 4. The first kappa shape index (κ1) is 25.6. The second kappa shape index (κ2) is 11.1. The van der Waals surface area contributed by atoms with Crippen LogP contribution in [0.4, 0.5) is 23.2 Å². The summed E-state index contributed by atoms with van der Waals surface area (Å²) in [5, 5.41) is 9.88. The number of hydrogen-bond donors (Lipinski definition) is 3. The van der Waals surface area contributed by atoms with Gasteiger partial charge in [-0.2, -0.15) is 0 Å². The SMILES string of the molecule is C=C(NC1=NC(c2ccccc2OC(F)(F)F)NC2=C1CCCCC2)c1cc(F)ccc1NCCC. The fourth-order valence-electron chi connectivity index (χ4n) is 4.48. The first-order chi connectivity index (χ1) is 17.2. The number of allylic oxidation sites excluding steroid dienone is 1. The summed E-state index contributed by atoms with van der Waals surface area (Å²) in [5.41, 5.74) is 3.93. The fraction of sp³-hybridized carbons (Fsp3) is 0.370. The third-order valence-electron chi connectivity index (χ3n) is 6.15. The number of aliphatic imine (C=N–C) groups is 1. The van der Waals surface area contributed by atoms with E-state index < -0.39 is 18.3 Å². The van der Waals surface area contributed by atoms with Crippen molar-refractivity contribution in [2.45, 2.75) is 58.0 Å². The van der Waals surface area contributed by atoms with Gasteiger partial charge in [-0.15, -0.1) is 13.2 Å². The second-order valence-electron chi connectivity index (χ2n) is 8.85. The summed E-state index contributed by atoms with van der Waals surface area (Å²) >= 11 is 0. The molecule has 2 aromatic rings. The van der Waals surface area contributed by atoms with Gasteiger partial charge >= 0.3 is 6.36 Å². The van der Waals surface area contributed by atoms with Crippen LogP contribution in [-0.2, 0) is 0 Å². The molecule has 192 valence electrons. The molecule has 0 spiro atoms. The maximum atomic E-state index is 14.1. The van der Waals surface area contributed by atoms with Crippen molar-refractivity contribution in [3.05, 3.63) is 77.3 Å². The molecule has 2 aliphatic rings. The third kappa shape index (κ3) is 6.19. The molecule has 9 heteroatoms. The van der Waals surface area contributed by atoms with Crippen molar-refractivity contribution < 1.29 is 22.3 Å². The molecular formula is C27H30F4N4O. The first-order valence-electron chi connectivity index (χ1n) is 12.2. The topological polar surface area (TPSA) is 57.7 Å². The van der Waals surface area contributed by atoms with Gasteiger partial charge < -0.3 is 20.7 Å². The second-order valence-corrected chi connectivity index (χ2v) is 8.85. The Morgan fingerprint density at radius 1 is 1.14 bits per heavy atom. The summed E-state index contributed by atoms with van der Waals surface area (Å²) in [7, 11) is 0. The van der Waals surface area contributed by atoms with Crippen LogP contribution in [0.1, 0.15) is 62.7 Å². The molecule has 0 bridgehead atoms. The molecule has 0 aromatic heterocycles. The van der Waals surface area contributed by atoms with Crippen LogP contribution in [0.15, 0.2) is 65.3 Å². The monoisotopic (exact) mass is 502 g/mol. The molecule has 1 aliphatic carbocycles. The van der Waals surface area contributed by atoms with E-state index in [0.717, 1.165) is 55.5 Å². The van der Waals surface area contributed by atoms with Crippen LogP contribution in [0.2, 0.25) is 0 Å². The lowest BCUT2D eigenvalue weighted by Crippen LogP contribution is -2.35. The number of nitrogens with zero attached hydrogens (tertiary/aromatic N) is 1. The lowest BCUT2D eigenvalue weighted by molar-refractivity contribution is -0.275. The number of amidine groups is 1. The van der Waals surface area contributed by atoms with Crippen molar-refractivity contribution in [1.29, 1.82) is 0 Å². The Kier molecular flexibility index (Phi) is 7.86. The van der Waals surface area contributed by atoms with Crippen molar-refractivity contribution in [2.75, 3.05) is 11.9 Å². The minimum absolute atomic E-state index is 0.270. The van der Waals surface area contributed by atoms with Gasteiger partial charge in [0, 0.05) is 40.3 Å². The van der Waals surface area contributed by atoms with Gasteiger partial charge in [0.15, 0.2) is 0 Å². The molecule has 0 radical (unpaired) electrons. The predicted octanol–water partition coefficient (Wildman–Crippen LogP) is 7.03. The Morgan fingerprint density at radius 3 is 2.69 bits per heavy atom.